The van der Waals surface area contributed by atoms with Crippen molar-refractivity contribution in [1.29, 1.82) is 0 Å². The zero-order valence-corrected chi connectivity index (χ0v) is 41.5. The molecule has 0 radical (unpaired) electrons. The van der Waals surface area contributed by atoms with Gasteiger partial charge in [-0.25, -0.2) is 40.9 Å². The lowest BCUT2D eigenvalue weighted by molar-refractivity contribution is 0.0464. The van der Waals surface area contributed by atoms with Gasteiger partial charge in [-0.2, -0.15) is 0 Å². The summed E-state index contributed by atoms with van der Waals surface area (Å²) >= 11 is 4.54. The van der Waals surface area contributed by atoms with Crippen LogP contribution in [0.5, 0.6) is 0 Å². The smallest absolute Gasteiger partial charge is 0.407 e. The lowest BCUT2D eigenvalue weighted by Crippen LogP contribution is -2.54. The topological polar surface area (TPSA) is 146 Å². The van der Waals surface area contributed by atoms with Crippen LogP contribution in [0, 0.1) is 55.7 Å². The van der Waals surface area contributed by atoms with E-state index in [0.29, 0.717) is 75.8 Å². The zero-order valence-electron chi connectivity index (χ0n) is 40.6. The quantitative estimate of drug-likeness (QED) is 0.0607. The fourth-order valence-corrected chi connectivity index (χ4v) is 7.83. The number of carboxylic acids is 1. The maximum absolute atomic E-state index is 14.5. The molecule has 3 amide bonds. The van der Waals surface area contributed by atoms with Crippen molar-refractivity contribution in [3.05, 3.63) is 177 Å². The third kappa shape index (κ3) is 14.7. The van der Waals surface area contributed by atoms with E-state index in [1.54, 1.807) is 90.1 Å². The van der Waals surface area contributed by atoms with Crippen molar-refractivity contribution in [3.63, 3.8) is 0 Å². The summed E-state index contributed by atoms with van der Waals surface area (Å²) in [4.78, 5) is 51.0. The lowest BCUT2D eigenvalue weighted by Gasteiger charge is -2.36. The number of isothiocyanates is 1. The number of benzene rings is 6. The van der Waals surface area contributed by atoms with E-state index < -0.39 is 52.5 Å². The average Bonchev–Trinajstić information content (AvgIpc) is 3.29. The van der Waals surface area contributed by atoms with Crippen molar-refractivity contribution >= 4 is 41.3 Å². The molecule has 6 aromatic rings. The molecule has 0 bridgehead atoms. The molecule has 4 N–H and O–H groups in total. The first-order valence-corrected chi connectivity index (χ1v) is 23.5. The molecule has 2 saturated carbocycles. The number of rotatable bonds is 10. The van der Waals surface area contributed by atoms with Crippen LogP contribution in [-0.4, -0.2) is 63.9 Å². The first kappa shape index (κ1) is 54.7. The molecule has 0 atom stereocenters. The second kappa shape index (κ2) is 23.7. The number of aryl methyl sites for hydroxylation is 3. The van der Waals surface area contributed by atoms with Crippen molar-refractivity contribution in [2.45, 2.75) is 97.0 Å². The van der Waals surface area contributed by atoms with Gasteiger partial charge in [0.25, 0.3) is 11.8 Å². The molecular formula is C56H52F6N4O6S. The summed E-state index contributed by atoms with van der Waals surface area (Å²) in [6, 6.07) is 26.0. The number of hydrogen-bond acceptors (Lipinski definition) is 7. The number of aliphatic imine (C=N–C) groups is 1. The molecule has 0 unspecified atom stereocenters. The second-order valence-corrected chi connectivity index (χ2v) is 19.0. The Labute approximate surface area is 423 Å². The molecular weight excluding hydrogens is 971 g/mol. The van der Waals surface area contributed by atoms with E-state index in [1.807, 2.05) is 0 Å². The number of nitrogens with zero attached hydrogens (tertiary/aromatic N) is 1. The molecule has 0 spiro atoms. The van der Waals surface area contributed by atoms with E-state index in [0.717, 1.165) is 6.07 Å². The number of nitrogens with one attached hydrogen (secondary N) is 3. The summed E-state index contributed by atoms with van der Waals surface area (Å²) in [6.45, 7) is 10.3. The molecule has 6 aromatic carbocycles. The molecule has 0 saturated heterocycles. The monoisotopic (exact) mass is 1020 g/mol. The van der Waals surface area contributed by atoms with Gasteiger partial charge in [-0.05, 0) is 184 Å². The number of halogens is 6. The van der Waals surface area contributed by atoms with E-state index >= 15 is 0 Å². The Morgan fingerprint density at radius 2 is 0.836 bits per heavy atom. The number of carbonyl (C=O) groups is 4. The number of thiocarbonyl (C=S) groups is 1. The van der Waals surface area contributed by atoms with Crippen molar-refractivity contribution in [1.82, 2.24) is 16.0 Å². The molecule has 73 heavy (non-hydrogen) atoms. The Morgan fingerprint density at radius 1 is 0.521 bits per heavy atom. The third-order valence-corrected chi connectivity index (χ3v) is 12.1. The summed E-state index contributed by atoms with van der Waals surface area (Å²) in [5, 5.41) is 19.3. The van der Waals surface area contributed by atoms with Gasteiger partial charge in [-0.3, -0.25) is 9.59 Å². The van der Waals surface area contributed by atoms with Gasteiger partial charge in [0.15, 0.2) is 0 Å². The minimum Gasteiger partial charge on any atom is -0.478 e. The lowest BCUT2D eigenvalue weighted by atomic mass is 9.86. The van der Waals surface area contributed by atoms with Gasteiger partial charge in [0.2, 0.25) is 0 Å². The molecule has 0 aromatic heterocycles. The van der Waals surface area contributed by atoms with Crippen molar-refractivity contribution in [3.8, 4) is 33.4 Å². The highest BCUT2D eigenvalue weighted by Crippen LogP contribution is 2.29. The minimum atomic E-state index is -1.32. The summed E-state index contributed by atoms with van der Waals surface area (Å²) in [6.07, 6.45) is 1.96. The van der Waals surface area contributed by atoms with Crippen LogP contribution in [0.3, 0.4) is 0 Å². The van der Waals surface area contributed by atoms with E-state index in [2.05, 4.69) is 38.3 Å². The Kier molecular flexibility index (Phi) is 17.8. The SMILES string of the molecule is Cc1ccc(-c2ccc(C(=O)NC3CC(N=C=S)C3)c(F)c2)cc1F.Cc1ccc(-c2ccc(C(=O)NC3CC(NC(=O)OC(C)(C)C)C3)c(F)c2)cc1F.Cc1ccc(-c2ccc(C(=O)O)c(F)c2)cc1F. The van der Waals surface area contributed by atoms with Crippen LogP contribution >= 0.6 is 12.2 Å². The predicted octanol–water partition coefficient (Wildman–Crippen LogP) is 12.7. The predicted molar refractivity (Wildman–Crippen MR) is 270 cm³/mol. The highest BCUT2D eigenvalue weighted by Gasteiger charge is 2.34. The summed E-state index contributed by atoms with van der Waals surface area (Å²) in [5.74, 6) is -5.54. The summed E-state index contributed by atoms with van der Waals surface area (Å²) < 4.78 is 88.4. The van der Waals surface area contributed by atoms with Gasteiger partial charge in [-0.1, -0.05) is 54.6 Å². The highest BCUT2D eigenvalue weighted by atomic mass is 32.1. The second-order valence-electron chi connectivity index (χ2n) is 18.8. The zero-order chi connectivity index (χ0) is 53.3. The summed E-state index contributed by atoms with van der Waals surface area (Å²) in [5.41, 5.74) is 3.53. The van der Waals surface area contributed by atoms with Gasteiger partial charge in [-0.15, -0.1) is 0 Å². The number of carboxylic acid groups (broad SMARTS) is 1. The Bertz CT molecular complexity index is 3110. The Balaban J connectivity index is 0.000000184. The first-order valence-electron chi connectivity index (χ1n) is 23.1. The molecule has 380 valence electrons. The fourth-order valence-electron chi connectivity index (χ4n) is 7.68. The molecule has 2 aliphatic carbocycles. The van der Waals surface area contributed by atoms with Crippen molar-refractivity contribution < 1.29 is 55.4 Å². The van der Waals surface area contributed by atoms with Crippen LogP contribution in [0.15, 0.2) is 114 Å². The highest BCUT2D eigenvalue weighted by molar-refractivity contribution is 7.78. The minimum absolute atomic E-state index is 0.0295. The van der Waals surface area contributed by atoms with E-state index in [4.69, 9.17) is 9.84 Å². The largest absolute Gasteiger partial charge is 0.478 e. The first-order chi connectivity index (χ1) is 34.5. The normalized spacial score (nSPS) is 16.5. The Hall–Kier alpha value is -7.62. The van der Waals surface area contributed by atoms with Crippen LogP contribution in [0.4, 0.5) is 31.1 Å². The van der Waals surface area contributed by atoms with Crippen LogP contribution < -0.4 is 16.0 Å². The number of amides is 3. The van der Waals surface area contributed by atoms with E-state index in [9.17, 15) is 45.5 Å². The van der Waals surface area contributed by atoms with Gasteiger partial charge in [0.05, 0.1) is 27.9 Å². The van der Waals surface area contributed by atoms with Crippen LogP contribution in [0.2, 0.25) is 0 Å². The van der Waals surface area contributed by atoms with Crippen molar-refractivity contribution in [2.75, 3.05) is 0 Å². The number of ether oxygens (including phenoxy) is 1. The molecule has 2 aliphatic rings. The number of alkyl carbamates (subject to hydrolysis) is 1. The van der Waals surface area contributed by atoms with E-state index in [-0.39, 0.29) is 52.7 Å². The van der Waals surface area contributed by atoms with Crippen LogP contribution in [0.1, 0.15) is 94.2 Å². The van der Waals surface area contributed by atoms with Crippen molar-refractivity contribution in [2.24, 2.45) is 4.99 Å². The van der Waals surface area contributed by atoms with Crippen LogP contribution in [-0.2, 0) is 4.74 Å². The molecule has 17 heteroatoms. The molecule has 8 rings (SSSR count). The van der Waals surface area contributed by atoms with E-state index in [1.165, 1.54) is 54.6 Å². The number of aromatic carboxylic acids is 1. The molecule has 10 nitrogen and oxygen atoms in total. The standard InChI is InChI=1S/C23H26F2N2O3.C19H16F2N2OS.C14H10F2O2/c1-13-5-6-14(9-19(13)24)15-7-8-18(20(25)10-15)21(28)26-16-11-17(12-16)27-22(29)30-23(2,3)4;1-11-2-3-12(6-17(11)20)13-4-5-16(18(21)7-13)19(24)23-15-8-14(9-15)22-10-25;1-8-2-3-9(6-12(8)15)10-4-5-11(14(17)18)13(16)7-10/h5-10,16-17H,11-12H2,1-4H3,(H,26,28)(H,27,29);2-7,14-15H,8-9H2,1H3,(H,23,24);2-7H,1H3,(H,17,18). The average molecular weight is 1020 g/mol. The van der Waals surface area contributed by atoms with Gasteiger partial charge >= 0.3 is 12.1 Å². The molecule has 2 fully saturated rings. The third-order valence-electron chi connectivity index (χ3n) is 12.0. The molecule has 0 heterocycles. The van der Waals surface area contributed by atoms with Gasteiger partial charge < -0.3 is 25.8 Å². The van der Waals surface area contributed by atoms with Gasteiger partial charge in [0.1, 0.15) is 40.5 Å². The number of carbonyl (C=O) groups excluding carboxylic acids is 3. The maximum atomic E-state index is 14.5. The fraction of sp³-hybridized carbons (Fsp3) is 0.268. The summed E-state index contributed by atoms with van der Waals surface area (Å²) in [7, 11) is 0. The van der Waals surface area contributed by atoms with Gasteiger partial charge in [0, 0.05) is 18.1 Å². The Morgan fingerprint density at radius 3 is 1.15 bits per heavy atom. The maximum Gasteiger partial charge on any atom is 0.407 e. The molecule has 0 aliphatic heterocycles. The number of hydrogen-bond donors (Lipinski definition) is 4. The van der Waals surface area contributed by atoms with Crippen LogP contribution in [0.25, 0.3) is 33.4 Å².